The van der Waals surface area contributed by atoms with Gasteiger partial charge in [0.15, 0.2) is 11.6 Å². The van der Waals surface area contributed by atoms with Gasteiger partial charge in [0.25, 0.3) is 10.0 Å². The van der Waals surface area contributed by atoms with Crippen molar-refractivity contribution >= 4 is 48.8 Å². The SMILES string of the molecule is CC(C)=CC[C@]1(C)C(=O)C(C2=NS(=O)(=O)c3cc(NS(C)(=O)=O)ccc3N2)=C(O)c2ccccc21. The zero-order chi connectivity index (χ0) is 25.8. The van der Waals surface area contributed by atoms with E-state index in [0.717, 1.165) is 17.9 Å². The van der Waals surface area contributed by atoms with Crippen molar-refractivity contribution in [2.45, 2.75) is 37.5 Å². The van der Waals surface area contributed by atoms with E-state index in [0.29, 0.717) is 17.5 Å². The fraction of sp³-hybridized carbons (Fsp3) is 0.250. The summed E-state index contributed by atoms with van der Waals surface area (Å²) in [6, 6.07) is 10.9. The molecule has 0 saturated heterocycles. The molecule has 35 heavy (non-hydrogen) atoms. The van der Waals surface area contributed by atoms with Gasteiger partial charge in [-0.05, 0) is 51.0 Å². The molecule has 1 aliphatic carbocycles. The van der Waals surface area contributed by atoms with E-state index in [2.05, 4.69) is 14.4 Å². The largest absolute Gasteiger partial charge is 0.506 e. The number of fused-ring (bicyclic) bond motifs is 2. The highest BCUT2D eigenvalue weighted by molar-refractivity contribution is 7.92. The lowest BCUT2D eigenvalue weighted by molar-refractivity contribution is -0.120. The third-order valence-electron chi connectivity index (χ3n) is 5.92. The number of hydrogen-bond acceptors (Lipinski definition) is 7. The number of carbonyl (C=O) groups excluding carboxylic acids is 1. The van der Waals surface area contributed by atoms with Crippen LogP contribution in [-0.4, -0.2) is 39.8 Å². The summed E-state index contributed by atoms with van der Waals surface area (Å²) in [5, 5.41) is 13.9. The molecule has 0 radical (unpaired) electrons. The van der Waals surface area contributed by atoms with Crippen LogP contribution in [0.2, 0.25) is 0 Å². The highest BCUT2D eigenvalue weighted by Gasteiger charge is 2.46. The Morgan fingerprint density at radius 1 is 1.20 bits per heavy atom. The molecule has 0 amide bonds. The molecule has 0 fully saturated rings. The van der Waals surface area contributed by atoms with Crippen molar-refractivity contribution in [1.82, 2.24) is 0 Å². The summed E-state index contributed by atoms with van der Waals surface area (Å²) >= 11 is 0. The number of aliphatic hydroxyl groups excluding tert-OH is 1. The van der Waals surface area contributed by atoms with Gasteiger partial charge in [0.1, 0.15) is 16.2 Å². The van der Waals surface area contributed by atoms with Crippen LogP contribution in [0.25, 0.3) is 5.76 Å². The molecule has 1 atom stereocenters. The van der Waals surface area contributed by atoms with Crippen LogP contribution in [0.5, 0.6) is 0 Å². The molecule has 1 aliphatic heterocycles. The number of ketones is 1. The lowest BCUT2D eigenvalue weighted by Crippen LogP contribution is -2.42. The summed E-state index contributed by atoms with van der Waals surface area (Å²) in [5.41, 5.74) is 0.946. The number of carbonyl (C=O) groups is 1. The second kappa shape index (κ2) is 8.35. The molecule has 184 valence electrons. The molecule has 11 heteroatoms. The Labute approximate surface area is 204 Å². The van der Waals surface area contributed by atoms with Crippen LogP contribution in [-0.2, 0) is 30.3 Å². The standard InChI is InChI=1S/C24H25N3O6S2/c1-14(2)11-12-24(3)17-8-6-5-7-16(17)21(28)20(22(24)29)23-25-18-10-9-15(26-34(4,30)31)13-19(18)35(32,33)27-23/h5-11,13,26,28H,12H2,1-4H3,(H,25,27)/t24-/m0/s1. The van der Waals surface area contributed by atoms with Crippen LogP contribution in [0.1, 0.15) is 38.3 Å². The van der Waals surface area contributed by atoms with Gasteiger partial charge in [0, 0.05) is 11.3 Å². The number of nitrogens with zero attached hydrogens (tertiary/aromatic N) is 1. The smallest absolute Gasteiger partial charge is 0.286 e. The number of amidine groups is 1. The molecule has 2 aliphatic rings. The number of hydrogen-bond donors (Lipinski definition) is 3. The molecule has 0 saturated carbocycles. The average Bonchev–Trinajstić information content (AvgIpc) is 2.76. The number of rotatable bonds is 5. The van der Waals surface area contributed by atoms with Crippen molar-refractivity contribution < 1.29 is 26.7 Å². The quantitative estimate of drug-likeness (QED) is 0.515. The Morgan fingerprint density at radius 2 is 1.89 bits per heavy atom. The fourth-order valence-electron chi connectivity index (χ4n) is 4.19. The van der Waals surface area contributed by atoms with Gasteiger partial charge in [-0.1, -0.05) is 35.9 Å². The average molecular weight is 516 g/mol. The molecule has 3 N–H and O–H groups in total. The highest BCUT2D eigenvalue weighted by Crippen LogP contribution is 2.43. The Morgan fingerprint density at radius 3 is 2.54 bits per heavy atom. The second-order valence-corrected chi connectivity index (χ2v) is 12.4. The van der Waals surface area contributed by atoms with Crippen LogP contribution < -0.4 is 10.0 Å². The van der Waals surface area contributed by atoms with E-state index < -0.39 is 31.2 Å². The fourth-order valence-corrected chi connectivity index (χ4v) is 5.89. The first-order valence-corrected chi connectivity index (χ1v) is 14.0. The first kappa shape index (κ1) is 24.7. The molecule has 0 spiro atoms. The lowest BCUT2D eigenvalue weighted by atomic mass is 9.67. The molecule has 0 aromatic heterocycles. The molecule has 9 nitrogen and oxygen atoms in total. The van der Waals surface area contributed by atoms with Gasteiger partial charge in [-0.3, -0.25) is 9.52 Å². The van der Waals surface area contributed by atoms with E-state index in [1.54, 1.807) is 31.2 Å². The Hall–Kier alpha value is -3.44. The zero-order valence-corrected chi connectivity index (χ0v) is 21.2. The number of benzene rings is 2. The molecular formula is C24H25N3O6S2. The van der Waals surface area contributed by atoms with Gasteiger partial charge in [-0.25, -0.2) is 8.42 Å². The van der Waals surface area contributed by atoms with Gasteiger partial charge >= 0.3 is 0 Å². The van der Waals surface area contributed by atoms with E-state index in [1.165, 1.54) is 12.1 Å². The van der Waals surface area contributed by atoms with Crippen molar-refractivity contribution in [3.63, 3.8) is 0 Å². The molecular weight excluding hydrogens is 490 g/mol. The van der Waals surface area contributed by atoms with Crippen LogP contribution in [0.4, 0.5) is 11.4 Å². The predicted octanol–water partition coefficient (Wildman–Crippen LogP) is 3.74. The van der Waals surface area contributed by atoms with Crippen molar-refractivity contribution in [3.05, 3.63) is 70.8 Å². The number of Topliss-reactive ketones (excluding diaryl/α,β-unsaturated/α-hetero) is 1. The van der Waals surface area contributed by atoms with Crippen molar-refractivity contribution in [2.24, 2.45) is 4.40 Å². The highest BCUT2D eigenvalue weighted by atomic mass is 32.2. The van der Waals surface area contributed by atoms with Crippen LogP contribution >= 0.6 is 0 Å². The molecule has 2 aromatic carbocycles. The summed E-state index contributed by atoms with van der Waals surface area (Å²) in [4.78, 5) is 13.6. The summed E-state index contributed by atoms with van der Waals surface area (Å²) in [5.74, 6) is -1.12. The van der Waals surface area contributed by atoms with Gasteiger partial charge in [-0.15, -0.1) is 4.40 Å². The molecule has 0 bridgehead atoms. The van der Waals surface area contributed by atoms with Gasteiger partial charge in [0.05, 0.1) is 17.4 Å². The number of aliphatic hydroxyl groups is 1. The normalized spacial score (nSPS) is 20.8. The first-order chi connectivity index (χ1) is 16.2. The molecule has 2 aromatic rings. The van der Waals surface area contributed by atoms with E-state index in [4.69, 9.17) is 0 Å². The van der Waals surface area contributed by atoms with Gasteiger partial charge in [0.2, 0.25) is 10.0 Å². The summed E-state index contributed by atoms with van der Waals surface area (Å²) < 4.78 is 55.2. The number of anilines is 2. The number of nitrogens with one attached hydrogen (secondary N) is 2. The summed E-state index contributed by atoms with van der Waals surface area (Å²) in [6.45, 7) is 5.59. The van der Waals surface area contributed by atoms with Gasteiger partial charge < -0.3 is 10.4 Å². The number of sulfonamides is 2. The van der Waals surface area contributed by atoms with E-state index in [-0.39, 0.29) is 33.4 Å². The maximum Gasteiger partial charge on any atom is 0.286 e. The maximum atomic E-state index is 13.8. The Kier molecular flexibility index (Phi) is 5.89. The van der Waals surface area contributed by atoms with Crippen molar-refractivity contribution in [2.75, 3.05) is 16.3 Å². The minimum absolute atomic E-state index is 0.0503. The van der Waals surface area contributed by atoms with Gasteiger partial charge in [-0.2, -0.15) is 8.42 Å². The predicted molar refractivity (Wildman–Crippen MR) is 136 cm³/mol. The number of allylic oxidation sites excluding steroid dienone is 2. The Balaban J connectivity index is 1.86. The summed E-state index contributed by atoms with van der Waals surface area (Å²) in [7, 11) is -7.95. The third kappa shape index (κ3) is 4.48. The van der Waals surface area contributed by atoms with Crippen LogP contribution in [0.15, 0.2) is 69.0 Å². The zero-order valence-electron chi connectivity index (χ0n) is 19.6. The lowest BCUT2D eigenvalue weighted by Gasteiger charge is -2.35. The minimum Gasteiger partial charge on any atom is -0.506 e. The molecule has 0 unspecified atom stereocenters. The second-order valence-electron chi connectivity index (χ2n) is 9.04. The van der Waals surface area contributed by atoms with E-state index in [1.807, 2.05) is 19.9 Å². The molecule has 4 rings (SSSR count). The Bertz CT molecular complexity index is 1570. The van der Waals surface area contributed by atoms with E-state index in [9.17, 15) is 26.7 Å². The topological polar surface area (TPSA) is 142 Å². The van der Waals surface area contributed by atoms with Crippen LogP contribution in [0, 0.1) is 0 Å². The van der Waals surface area contributed by atoms with Crippen LogP contribution in [0.3, 0.4) is 0 Å². The maximum absolute atomic E-state index is 13.8. The minimum atomic E-state index is -4.32. The van der Waals surface area contributed by atoms with E-state index >= 15 is 0 Å². The monoisotopic (exact) mass is 515 g/mol. The third-order valence-corrected chi connectivity index (χ3v) is 7.85. The molecule has 1 heterocycles. The summed E-state index contributed by atoms with van der Waals surface area (Å²) in [6.07, 6.45) is 3.22. The first-order valence-electron chi connectivity index (χ1n) is 10.7. The van der Waals surface area contributed by atoms with Crippen molar-refractivity contribution in [1.29, 1.82) is 0 Å². The van der Waals surface area contributed by atoms with Crippen molar-refractivity contribution in [3.8, 4) is 0 Å².